The first-order valence-corrected chi connectivity index (χ1v) is 6.80. The zero-order chi connectivity index (χ0) is 17.1. The van der Waals surface area contributed by atoms with E-state index in [4.69, 9.17) is 14.6 Å². The fraction of sp³-hybridized carbons (Fsp3) is 0.176. The Morgan fingerprint density at radius 3 is 2.78 bits per heavy atom. The van der Waals surface area contributed by atoms with E-state index < -0.39 is 5.97 Å². The van der Waals surface area contributed by atoms with E-state index in [0.29, 0.717) is 23.7 Å². The van der Waals surface area contributed by atoms with Crippen LogP contribution in [0.25, 0.3) is 0 Å². The van der Waals surface area contributed by atoms with Crippen molar-refractivity contribution in [2.75, 3.05) is 14.2 Å². The van der Waals surface area contributed by atoms with Crippen molar-refractivity contribution in [3.05, 3.63) is 60.5 Å². The SMILES string of the molecule is C=CN=C/C=C\C(=C\C(=O)O)NCc1ccc(OC)cc1OC. The zero-order valence-electron chi connectivity index (χ0n) is 13.2. The lowest BCUT2D eigenvalue weighted by molar-refractivity contribution is -0.131. The van der Waals surface area contributed by atoms with Crippen LogP contribution in [-0.2, 0) is 11.3 Å². The lowest BCUT2D eigenvalue weighted by atomic mass is 10.2. The van der Waals surface area contributed by atoms with Crippen molar-refractivity contribution < 1.29 is 19.4 Å². The second-order valence-electron chi connectivity index (χ2n) is 4.31. The second-order valence-corrected chi connectivity index (χ2v) is 4.31. The summed E-state index contributed by atoms with van der Waals surface area (Å²) in [4.78, 5) is 14.7. The molecule has 0 spiro atoms. The first-order valence-electron chi connectivity index (χ1n) is 6.80. The third-order valence-corrected chi connectivity index (χ3v) is 2.81. The number of carboxylic acids is 1. The van der Waals surface area contributed by atoms with Gasteiger partial charge < -0.3 is 19.9 Å². The molecule has 23 heavy (non-hydrogen) atoms. The molecular weight excluding hydrogens is 296 g/mol. The van der Waals surface area contributed by atoms with Gasteiger partial charge in [0.1, 0.15) is 11.5 Å². The summed E-state index contributed by atoms with van der Waals surface area (Å²) in [6.07, 6.45) is 7.21. The van der Waals surface area contributed by atoms with Gasteiger partial charge in [0, 0.05) is 42.4 Å². The number of rotatable bonds is 9. The molecule has 0 atom stereocenters. The Bertz CT molecular complexity index is 633. The van der Waals surface area contributed by atoms with Gasteiger partial charge in [-0.2, -0.15) is 0 Å². The van der Waals surface area contributed by atoms with Crippen LogP contribution in [0.5, 0.6) is 11.5 Å². The van der Waals surface area contributed by atoms with E-state index in [1.807, 2.05) is 12.1 Å². The number of hydrogen-bond acceptors (Lipinski definition) is 5. The highest BCUT2D eigenvalue weighted by Crippen LogP contribution is 2.24. The van der Waals surface area contributed by atoms with Crippen LogP contribution in [0, 0.1) is 0 Å². The van der Waals surface area contributed by atoms with E-state index >= 15 is 0 Å². The minimum absolute atomic E-state index is 0.398. The van der Waals surface area contributed by atoms with Crippen molar-refractivity contribution in [3.8, 4) is 11.5 Å². The third-order valence-electron chi connectivity index (χ3n) is 2.81. The highest BCUT2D eigenvalue weighted by Gasteiger charge is 2.05. The van der Waals surface area contributed by atoms with E-state index in [1.165, 1.54) is 12.4 Å². The Kier molecular flexibility index (Phi) is 7.71. The third kappa shape index (κ3) is 6.52. The summed E-state index contributed by atoms with van der Waals surface area (Å²) in [5.41, 5.74) is 1.31. The summed E-state index contributed by atoms with van der Waals surface area (Å²) >= 11 is 0. The number of allylic oxidation sites excluding steroid dienone is 2. The van der Waals surface area contributed by atoms with Crippen molar-refractivity contribution in [1.29, 1.82) is 0 Å². The Balaban J connectivity index is 2.86. The van der Waals surface area contributed by atoms with Gasteiger partial charge in [-0.3, -0.25) is 4.99 Å². The molecule has 0 unspecified atom stereocenters. The molecule has 0 aliphatic rings. The standard InChI is InChI=1S/C17H20N2O4/c1-4-18-9-5-6-14(10-17(20)21)19-12-13-7-8-15(22-2)11-16(13)23-3/h4-11,19H,1,12H2,2-3H3,(H,20,21)/b6-5-,14-10-,18-9?. The maximum Gasteiger partial charge on any atom is 0.330 e. The second kappa shape index (κ2) is 9.83. The van der Waals surface area contributed by atoms with Crippen LogP contribution in [0.15, 0.2) is 59.9 Å². The molecule has 1 aromatic rings. The minimum Gasteiger partial charge on any atom is -0.497 e. The van der Waals surface area contributed by atoms with Crippen LogP contribution in [0.3, 0.4) is 0 Å². The van der Waals surface area contributed by atoms with Crippen molar-refractivity contribution in [1.82, 2.24) is 5.32 Å². The number of carbonyl (C=O) groups is 1. The molecule has 0 aromatic heterocycles. The number of carboxylic acid groups (broad SMARTS) is 1. The molecule has 0 aliphatic carbocycles. The van der Waals surface area contributed by atoms with Crippen LogP contribution in [0.2, 0.25) is 0 Å². The van der Waals surface area contributed by atoms with E-state index in [1.54, 1.807) is 32.4 Å². The van der Waals surface area contributed by atoms with E-state index in [-0.39, 0.29) is 0 Å². The van der Waals surface area contributed by atoms with E-state index in [2.05, 4.69) is 16.9 Å². The largest absolute Gasteiger partial charge is 0.497 e. The number of hydrogen-bond donors (Lipinski definition) is 2. The molecule has 0 aliphatic heterocycles. The predicted octanol–water partition coefficient (Wildman–Crippen LogP) is 2.53. The number of methoxy groups -OCH3 is 2. The molecule has 1 rings (SSSR count). The lowest BCUT2D eigenvalue weighted by Gasteiger charge is -2.12. The Hall–Kier alpha value is -3.02. The Labute approximate surface area is 135 Å². The average Bonchev–Trinajstić information content (AvgIpc) is 2.55. The van der Waals surface area contributed by atoms with Gasteiger partial charge in [0.25, 0.3) is 0 Å². The molecule has 0 amide bonds. The molecule has 0 radical (unpaired) electrons. The van der Waals surface area contributed by atoms with Crippen LogP contribution in [0.4, 0.5) is 0 Å². The molecule has 6 heteroatoms. The Morgan fingerprint density at radius 2 is 2.17 bits per heavy atom. The van der Waals surface area contributed by atoms with Crippen LogP contribution >= 0.6 is 0 Å². The van der Waals surface area contributed by atoms with Gasteiger partial charge in [0.05, 0.1) is 14.2 Å². The van der Waals surface area contributed by atoms with Crippen molar-refractivity contribution in [2.45, 2.75) is 6.54 Å². The molecule has 0 saturated heterocycles. The molecule has 6 nitrogen and oxygen atoms in total. The van der Waals surface area contributed by atoms with Crippen molar-refractivity contribution in [2.24, 2.45) is 4.99 Å². The molecule has 2 N–H and O–H groups in total. The maximum atomic E-state index is 10.9. The maximum absolute atomic E-state index is 10.9. The first-order chi connectivity index (χ1) is 11.1. The fourth-order valence-electron chi connectivity index (χ4n) is 1.74. The number of aliphatic imine (C=N–C) groups is 1. The topological polar surface area (TPSA) is 80.2 Å². The van der Waals surface area contributed by atoms with Gasteiger partial charge in [0.2, 0.25) is 0 Å². The summed E-state index contributed by atoms with van der Waals surface area (Å²) in [6, 6.07) is 5.43. The van der Waals surface area contributed by atoms with Crippen LogP contribution in [0.1, 0.15) is 5.56 Å². The molecular formula is C17H20N2O4. The quantitative estimate of drug-likeness (QED) is 0.416. The Morgan fingerprint density at radius 1 is 1.39 bits per heavy atom. The van der Waals surface area contributed by atoms with Gasteiger partial charge in [-0.15, -0.1) is 0 Å². The smallest absolute Gasteiger partial charge is 0.330 e. The predicted molar refractivity (Wildman–Crippen MR) is 89.9 cm³/mol. The van der Waals surface area contributed by atoms with Gasteiger partial charge in [-0.1, -0.05) is 6.58 Å². The number of benzene rings is 1. The van der Waals surface area contributed by atoms with Gasteiger partial charge in [-0.05, 0) is 24.3 Å². The van der Waals surface area contributed by atoms with Crippen LogP contribution < -0.4 is 14.8 Å². The lowest BCUT2D eigenvalue weighted by Crippen LogP contribution is -2.13. The molecule has 0 fully saturated rings. The van der Waals surface area contributed by atoms with E-state index in [9.17, 15) is 4.79 Å². The van der Waals surface area contributed by atoms with Crippen LogP contribution in [-0.4, -0.2) is 31.5 Å². The summed E-state index contributed by atoms with van der Waals surface area (Å²) in [5, 5.41) is 12.0. The van der Waals surface area contributed by atoms with Gasteiger partial charge >= 0.3 is 5.97 Å². The van der Waals surface area contributed by atoms with Crippen molar-refractivity contribution >= 4 is 12.2 Å². The highest BCUT2D eigenvalue weighted by molar-refractivity contribution is 5.81. The molecule has 0 bridgehead atoms. The number of nitrogens with one attached hydrogen (secondary N) is 1. The highest BCUT2D eigenvalue weighted by atomic mass is 16.5. The number of ether oxygens (including phenoxy) is 2. The average molecular weight is 316 g/mol. The monoisotopic (exact) mass is 316 g/mol. The molecule has 0 saturated carbocycles. The number of nitrogens with zero attached hydrogens (tertiary/aromatic N) is 1. The molecule has 1 aromatic carbocycles. The molecule has 122 valence electrons. The van der Waals surface area contributed by atoms with Crippen molar-refractivity contribution in [3.63, 3.8) is 0 Å². The zero-order valence-corrected chi connectivity index (χ0v) is 13.2. The normalized spacial score (nSPS) is 11.7. The minimum atomic E-state index is -1.04. The fourth-order valence-corrected chi connectivity index (χ4v) is 1.74. The summed E-state index contributed by atoms with van der Waals surface area (Å²) < 4.78 is 10.5. The first kappa shape index (κ1) is 18.0. The van der Waals surface area contributed by atoms with E-state index in [0.717, 1.165) is 11.6 Å². The summed E-state index contributed by atoms with van der Waals surface area (Å²) in [5.74, 6) is 0.302. The van der Waals surface area contributed by atoms with Gasteiger partial charge in [-0.25, -0.2) is 4.79 Å². The summed E-state index contributed by atoms with van der Waals surface area (Å²) in [7, 11) is 3.15. The summed E-state index contributed by atoms with van der Waals surface area (Å²) in [6.45, 7) is 3.85. The molecule has 0 heterocycles. The number of aliphatic carboxylic acids is 1. The van der Waals surface area contributed by atoms with Gasteiger partial charge in [0.15, 0.2) is 0 Å².